The highest BCUT2D eigenvalue weighted by Crippen LogP contribution is 2.24. The molecule has 0 saturated heterocycles. The molecule has 96 valence electrons. The Labute approximate surface area is 118 Å². The number of halogens is 1. The Balaban J connectivity index is 2.39. The summed E-state index contributed by atoms with van der Waals surface area (Å²) in [5, 5.41) is 2.18. The second kappa shape index (κ2) is 4.99. The highest BCUT2D eigenvalue weighted by Gasteiger charge is 2.18. The first kappa shape index (κ1) is 13.5. The van der Waals surface area contributed by atoms with Crippen molar-refractivity contribution >= 4 is 42.4 Å². The van der Waals surface area contributed by atoms with E-state index in [1.807, 2.05) is 13.0 Å². The van der Waals surface area contributed by atoms with Gasteiger partial charge >= 0.3 is 0 Å². The molecule has 0 unspecified atom stereocenters. The molecule has 0 aliphatic rings. The summed E-state index contributed by atoms with van der Waals surface area (Å²) in [5.41, 5.74) is 1.49. The predicted molar refractivity (Wildman–Crippen MR) is 76.5 cm³/mol. The molecule has 18 heavy (non-hydrogen) atoms. The number of sulfonamides is 1. The maximum atomic E-state index is 12.2. The molecular weight excluding hydrogens is 336 g/mol. The minimum Gasteiger partial charge on any atom is -0.255 e. The molecule has 0 spiro atoms. The van der Waals surface area contributed by atoms with Crippen LogP contribution in [0.4, 0.5) is 5.13 Å². The lowest BCUT2D eigenvalue weighted by atomic mass is 10.2. The second-order valence-corrected chi connectivity index (χ2v) is 7.23. The summed E-state index contributed by atoms with van der Waals surface area (Å²) in [7, 11) is -3.59. The Bertz CT molecular complexity index is 680. The third-order valence-electron chi connectivity index (χ3n) is 2.28. The van der Waals surface area contributed by atoms with Gasteiger partial charge in [-0.2, -0.15) is 0 Å². The van der Waals surface area contributed by atoms with Gasteiger partial charge in [-0.3, -0.25) is 4.72 Å². The lowest BCUT2D eigenvalue weighted by Gasteiger charge is -2.08. The maximum absolute atomic E-state index is 12.2. The molecule has 1 N–H and O–H groups in total. The van der Waals surface area contributed by atoms with Crippen molar-refractivity contribution in [2.24, 2.45) is 0 Å². The summed E-state index contributed by atoms with van der Waals surface area (Å²) < 4.78 is 27.6. The molecule has 0 fully saturated rings. The number of aromatic nitrogens is 1. The van der Waals surface area contributed by atoms with Crippen LogP contribution in [-0.4, -0.2) is 13.4 Å². The van der Waals surface area contributed by atoms with Crippen molar-refractivity contribution in [3.63, 3.8) is 0 Å². The fraction of sp³-hybridized carbons (Fsp3) is 0.182. The van der Waals surface area contributed by atoms with E-state index in [1.54, 1.807) is 24.4 Å². The standard InChI is InChI=1S/C11H11BrN2O2S2/c1-7-3-4-9(12)5-10(7)18(15,16)14-11-13-8(2)6-17-11/h3-6H,1-2H3,(H,13,14). The number of hydrogen-bond acceptors (Lipinski definition) is 4. The number of anilines is 1. The van der Waals surface area contributed by atoms with Crippen molar-refractivity contribution in [3.8, 4) is 0 Å². The van der Waals surface area contributed by atoms with Crippen LogP contribution in [0.5, 0.6) is 0 Å². The van der Waals surface area contributed by atoms with Crippen LogP contribution in [0.15, 0.2) is 32.9 Å². The number of thiazole rings is 1. The topological polar surface area (TPSA) is 59.1 Å². The fourth-order valence-corrected chi connectivity index (χ4v) is 4.16. The molecule has 1 aromatic carbocycles. The zero-order valence-electron chi connectivity index (χ0n) is 9.77. The minimum absolute atomic E-state index is 0.254. The largest absolute Gasteiger partial charge is 0.263 e. The van der Waals surface area contributed by atoms with Gasteiger partial charge < -0.3 is 0 Å². The molecular formula is C11H11BrN2O2S2. The van der Waals surface area contributed by atoms with Crippen LogP contribution in [0.25, 0.3) is 0 Å². The highest BCUT2D eigenvalue weighted by molar-refractivity contribution is 9.10. The fourth-order valence-electron chi connectivity index (χ4n) is 1.43. The predicted octanol–water partition coefficient (Wildman–Crippen LogP) is 3.32. The van der Waals surface area contributed by atoms with Crippen molar-refractivity contribution in [2.75, 3.05) is 4.72 Å². The molecule has 2 aromatic rings. The smallest absolute Gasteiger partial charge is 0.255 e. The minimum atomic E-state index is -3.59. The van der Waals surface area contributed by atoms with E-state index >= 15 is 0 Å². The first-order valence-electron chi connectivity index (χ1n) is 5.09. The third kappa shape index (κ3) is 2.90. The SMILES string of the molecule is Cc1csc(NS(=O)(=O)c2cc(Br)ccc2C)n1. The van der Waals surface area contributed by atoms with Gasteiger partial charge in [0.15, 0.2) is 5.13 Å². The molecule has 0 aliphatic heterocycles. The van der Waals surface area contributed by atoms with Gasteiger partial charge in [-0.15, -0.1) is 11.3 Å². The van der Waals surface area contributed by atoms with Gasteiger partial charge in [0, 0.05) is 9.85 Å². The van der Waals surface area contributed by atoms with Gasteiger partial charge in [-0.1, -0.05) is 22.0 Å². The van der Waals surface area contributed by atoms with Crippen LogP contribution in [-0.2, 0) is 10.0 Å². The second-order valence-electron chi connectivity index (χ2n) is 3.81. The van der Waals surface area contributed by atoms with Crippen molar-refractivity contribution in [1.82, 2.24) is 4.98 Å². The van der Waals surface area contributed by atoms with E-state index in [1.165, 1.54) is 11.3 Å². The summed E-state index contributed by atoms with van der Waals surface area (Å²) in [6, 6.07) is 5.14. The average Bonchev–Trinajstić information content (AvgIpc) is 2.66. The van der Waals surface area contributed by atoms with Gasteiger partial charge in [-0.25, -0.2) is 13.4 Å². The van der Waals surface area contributed by atoms with E-state index < -0.39 is 10.0 Å². The van der Waals surface area contributed by atoms with E-state index in [-0.39, 0.29) is 4.90 Å². The van der Waals surface area contributed by atoms with Crippen LogP contribution >= 0.6 is 27.3 Å². The normalized spacial score (nSPS) is 11.5. The molecule has 0 bridgehead atoms. The van der Waals surface area contributed by atoms with E-state index in [2.05, 4.69) is 25.6 Å². The monoisotopic (exact) mass is 346 g/mol. The number of nitrogens with one attached hydrogen (secondary N) is 1. The van der Waals surface area contributed by atoms with Crippen LogP contribution < -0.4 is 4.72 Å². The Hall–Kier alpha value is -0.920. The van der Waals surface area contributed by atoms with Crippen molar-refractivity contribution in [1.29, 1.82) is 0 Å². The third-order valence-corrected chi connectivity index (χ3v) is 5.26. The van der Waals surface area contributed by atoms with Crippen molar-refractivity contribution in [2.45, 2.75) is 18.7 Å². The van der Waals surface area contributed by atoms with Gasteiger partial charge in [0.1, 0.15) is 0 Å². The first-order chi connectivity index (χ1) is 8.38. The Morgan fingerprint density at radius 1 is 1.33 bits per heavy atom. The summed E-state index contributed by atoms with van der Waals surface area (Å²) in [6.45, 7) is 3.58. The van der Waals surface area contributed by atoms with E-state index in [0.717, 1.165) is 10.2 Å². The van der Waals surface area contributed by atoms with Gasteiger partial charge in [-0.05, 0) is 31.5 Å². The maximum Gasteiger partial charge on any atom is 0.263 e. The van der Waals surface area contributed by atoms with E-state index in [4.69, 9.17) is 0 Å². The highest BCUT2D eigenvalue weighted by atomic mass is 79.9. The molecule has 1 heterocycles. The molecule has 0 atom stereocenters. The summed E-state index contributed by atoms with van der Waals surface area (Å²) in [6.07, 6.45) is 0. The molecule has 7 heteroatoms. The average molecular weight is 347 g/mol. The van der Waals surface area contributed by atoms with Crippen molar-refractivity contribution in [3.05, 3.63) is 39.3 Å². The molecule has 2 rings (SSSR count). The summed E-state index contributed by atoms with van der Waals surface area (Å²) in [4.78, 5) is 4.34. The number of nitrogens with zero attached hydrogens (tertiary/aromatic N) is 1. The number of hydrogen-bond donors (Lipinski definition) is 1. The Kier molecular flexibility index (Phi) is 3.74. The quantitative estimate of drug-likeness (QED) is 0.927. The molecule has 0 aliphatic carbocycles. The zero-order chi connectivity index (χ0) is 13.3. The molecule has 0 saturated carbocycles. The van der Waals surface area contributed by atoms with Gasteiger partial charge in [0.2, 0.25) is 0 Å². The van der Waals surface area contributed by atoms with Crippen LogP contribution in [0.3, 0.4) is 0 Å². The van der Waals surface area contributed by atoms with Crippen LogP contribution in [0.2, 0.25) is 0 Å². The lowest BCUT2D eigenvalue weighted by Crippen LogP contribution is -2.14. The number of aryl methyl sites for hydroxylation is 2. The zero-order valence-corrected chi connectivity index (χ0v) is 13.0. The molecule has 4 nitrogen and oxygen atoms in total. The molecule has 0 radical (unpaired) electrons. The Morgan fingerprint density at radius 2 is 2.06 bits per heavy atom. The first-order valence-corrected chi connectivity index (χ1v) is 8.25. The summed E-state index contributed by atoms with van der Waals surface area (Å²) in [5.74, 6) is 0. The summed E-state index contributed by atoms with van der Waals surface area (Å²) >= 11 is 4.54. The van der Waals surface area contributed by atoms with Gasteiger partial charge in [0.05, 0.1) is 10.6 Å². The number of rotatable bonds is 3. The van der Waals surface area contributed by atoms with Crippen LogP contribution in [0.1, 0.15) is 11.3 Å². The van der Waals surface area contributed by atoms with E-state index in [0.29, 0.717) is 10.7 Å². The van der Waals surface area contributed by atoms with Crippen LogP contribution in [0, 0.1) is 13.8 Å². The lowest BCUT2D eigenvalue weighted by molar-refractivity contribution is 0.600. The van der Waals surface area contributed by atoms with Gasteiger partial charge in [0.25, 0.3) is 10.0 Å². The van der Waals surface area contributed by atoms with E-state index in [9.17, 15) is 8.42 Å². The molecule has 1 aromatic heterocycles. The Morgan fingerprint density at radius 3 is 2.67 bits per heavy atom. The molecule has 0 amide bonds. The van der Waals surface area contributed by atoms with Crippen molar-refractivity contribution < 1.29 is 8.42 Å². The number of benzene rings is 1.